The first-order valence-electron chi connectivity index (χ1n) is 8.45. The van der Waals surface area contributed by atoms with Crippen molar-refractivity contribution in [3.63, 3.8) is 0 Å². The van der Waals surface area contributed by atoms with Gasteiger partial charge >= 0.3 is 6.03 Å². The maximum Gasteiger partial charge on any atom is 0.319 e. The molecule has 5 nitrogen and oxygen atoms in total. The Kier molecular flexibility index (Phi) is 5.82. The van der Waals surface area contributed by atoms with Gasteiger partial charge in [-0.2, -0.15) is 0 Å². The molecule has 5 heteroatoms. The van der Waals surface area contributed by atoms with Crippen molar-refractivity contribution in [1.29, 1.82) is 0 Å². The third-order valence-electron chi connectivity index (χ3n) is 4.17. The van der Waals surface area contributed by atoms with Crippen LogP contribution in [0.2, 0.25) is 0 Å². The summed E-state index contributed by atoms with van der Waals surface area (Å²) in [6, 6.07) is 17.9. The van der Waals surface area contributed by atoms with Crippen LogP contribution in [-0.4, -0.2) is 50.2 Å². The number of benzene rings is 2. The van der Waals surface area contributed by atoms with Crippen molar-refractivity contribution in [2.45, 2.75) is 0 Å². The molecule has 0 aliphatic carbocycles. The Hall–Kier alpha value is -2.37. The molecule has 1 saturated heterocycles. The van der Waals surface area contributed by atoms with Crippen LogP contribution in [0.4, 0.5) is 10.5 Å². The maximum absolute atomic E-state index is 12.0. The van der Waals surface area contributed by atoms with Gasteiger partial charge in [0.15, 0.2) is 0 Å². The van der Waals surface area contributed by atoms with Crippen molar-refractivity contribution < 1.29 is 4.79 Å². The lowest BCUT2D eigenvalue weighted by molar-refractivity contribution is 0.233. The molecule has 1 fully saturated rings. The van der Waals surface area contributed by atoms with E-state index in [9.17, 15) is 4.79 Å². The van der Waals surface area contributed by atoms with Crippen molar-refractivity contribution in [3.05, 3.63) is 54.6 Å². The average Bonchev–Trinajstić information content (AvgIpc) is 2.64. The van der Waals surface area contributed by atoms with Gasteiger partial charge in [0.1, 0.15) is 0 Å². The van der Waals surface area contributed by atoms with Crippen molar-refractivity contribution >= 4 is 11.7 Å². The van der Waals surface area contributed by atoms with Crippen molar-refractivity contribution in [2.75, 3.05) is 44.6 Å². The number of hydrogen-bond acceptors (Lipinski definition) is 3. The number of nitrogens with one attached hydrogen (secondary N) is 3. The molecule has 1 aliphatic heterocycles. The van der Waals surface area contributed by atoms with Gasteiger partial charge in [0.2, 0.25) is 0 Å². The molecule has 126 valence electrons. The number of carbonyl (C=O) groups is 1. The topological polar surface area (TPSA) is 56.4 Å². The monoisotopic (exact) mass is 324 g/mol. The first kappa shape index (κ1) is 16.5. The predicted octanol–water partition coefficient (Wildman–Crippen LogP) is 2.38. The van der Waals surface area contributed by atoms with Crippen LogP contribution in [0.3, 0.4) is 0 Å². The molecule has 2 amide bonds. The minimum absolute atomic E-state index is 0.155. The molecule has 0 saturated carbocycles. The summed E-state index contributed by atoms with van der Waals surface area (Å²) in [5, 5.41) is 9.11. The summed E-state index contributed by atoms with van der Waals surface area (Å²) < 4.78 is 0. The number of anilines is 1. The number of hydrogen-bond donors (Lipinski definition) is 3. The van der Waals surface area contributed by atoms with Gasteiger partial charge in [0.25, 0.3) is 0 Å². The standard InChI is InChI=1S/C19H24N4O/c24-19(21-12-15-23-13-10-20-11-14-23)22-18-8-6-17(7-9-18)16-4-2-1-3-5-16/h1-9,20H,10-15H2,(H2,21,22,24). The lowest BCUT2D eigenvalue weighted by atomic mass is 10.1. The average molecular weight is 324 g/mol. The quantitative estimate of drug-likeness (QED) is 0.791. The molecule has 3 N–H and O–H groups in total. The molecule has 2 aromatic rings. The number of nitrogens with zero attached hydrogens (tertiary/aromatic N) is 1. The second kappa shape index (κ2) is 8.47. The highest BCUT2D eigenvalue weighted by molar-refractivity contribution is 5.89. The zero-order chi connectivity index (χ0) is 16.6. The summed E-state index contributed by atoms with van der Waals surface area (Å²) in [4.78, 5) is 14.3. The molecule has 0 spiro atoms. The minimum Gasteiger partial charge on any atom is -0.337 e. The van der Waals surface area contributed by atoms with Gasteiger partial charge in [-0.05, 0) is 23.3 Å². The predicted molar refractivity (Wildman–Crippen MR) is 98.2 cm³/mol. The van der Waals surface area contributed by atoms with Crippen LogP contribution in [0.25, 0.3) is 11.1 Å². The Morgan fingerprint density at radius 3 is 2.33 bits per heavy atom. The van der Waals surface area contributed by atoms with Crippen LogP contribution in [0.1, 0.15) is 0 Å². The van der Waals surface area contributed by atoms with Crippen LogP contribution in [0, 0.1) is 0 Å². The fraction of sp³-hybridized carbons (Fsp3) is 0.316. The molecule has 0 unspecified atom stereocenters. The second-order valence-corrected chi connectivity index (χ2v) is 5.92. The summed E-state index contributed by atoms with van der Waals surface area (Å²) in [6.45, 7) is 5.70. The van der Waals surface area contributed by atoms with Gasteiger partial charge in [-0.1, -0.05) is 42.5 Å². The van der Waals surface area contributed by atoms with E-state index >= 15 is 0 Å². The van der Waals surface area contributed by atoms with E-state index in [1.165, 1.54) is 5.56 Å². The fourth-order valence-electron chi connectivity index (χ4n) is 2.81. The number of piperazine rings is 1. The number of urea groups is 1. The third-order valence-corrected chi connectivity index (χ3v) is 4.17. The summed E-state index contributed by atoms with van der Waals surface area (Å²) in [6.07, 6.45) is 0. The summed E-state index contributed by atoms with van der Waals surface area (Å²) in [5.41, 5.74) is 3.11. The van der Waals surface area contributed by atoms with Crippen LogP contribution < -0.4 is 16.0 Å². The Labute approximate surface area is 143 Å². The molecule has 3 rings (SSSR count). The maximum atomic E-state index is 12.0. The van der Waals surface area contributed by atoms with Gasteiger partial charge in [0.05, 0.1) is 0 Å². The van der Waals surface area contributed by atoms with Crippen molar-refractivity contribution in [2.24, 2.45) is 0 Å². The molecule has 24 heavy (non-hydrogen) atoms. The second-order valence-electron chi connectivity index (χ2n) is 5.92. The van der Waals surface area contributed by atoms with Gasteiger partial charge < -0.3 is 16.0 Å². The Morgan fingerprint density at radius 1 is 0.958 bits per heavy atom. The van der Waals surface area contributed by atoms with Crippen LogP contribution in [-0.2, 0) is 0 Å². The number of amides is 2. The molecule has 1 heterocycles. The van der Waals surface area contributed by atoms with E-state index < -0.39 is 0 Å². The normalized spacial score (nSPS) is 15.0. The Bertz CT molecular complexity index is 636. The van der Waals surface area contributed by atoms with Crippen LogP contribution in [0.5, 0.6) is 0 Å². The Morgan fingerprint density at radius 2 is 1.62 bits per heavy atom. The third kappa shape index (κ3) is 4.81. The summed E-state index contributed by atoms with van der Waals surface area (Å²) >= 11 is 0. The SMILES string of the molecule is O=C(NCCN1CCNCC1)Nc1ccc(-c2ccccc2)cc1. The Balaban J connectivity index is 1.44. The first-order chi connectivity index (χ1) is 11.8. The largest absolute Gasteiger partial charge is 0.337 e. The molecular weight excluding hydrogens is 300 g/mol. The fourth-order valence-corrected chi connectivity index (χ4v) is 2.81. The van der Waals surface area contributed by atoms with Gasteiger partial charge in [0, 0.05) is 45.0 Å². The molecule has 1 aliphatic rings. The van der Waals surface area contributed by atoms with E-state index in [-0.39, 0.29) is 6.03 Å². The molecule has 0 bridgehead atoms. The van der Waals surface area contributed by atoms with Crippen LogP contribution in [0.15, 0.2) is 54.6 Å². The highest BCUT2D eigenvalue weighted by Crippen LogP contribution is 2.20. The molecule has 0 atom stereocenters. The van der Waals surface area contributed by atoms with E-state index in [4.69, 9.17) is 0 Å². The highest BCUT2D eigenvalue weighted by Gasteiger charge is 2.09. The summed E-state index contributed by atoms with van der Waals surface area (Å²) in [5.74, 6) is 0. The van der Waals surface area contributed by atoms with Crippen molar-refractivity contribution in [3.8, 4) is 11.1 Å². The number of rotatable bonds is 5. The van der Waals surface area contributed by atoms with E-state index in [1.807, 2.05) is 42.5 Å². The summed E-state index contributed by atoms with van der Waals surface area (Å²) in [7, 11) is 0. The van der Waals surface area contributed by atoms with E-state index in [0.717, 1.165) is 44.0 Å². The number of carbonyl (C=O) groups excluding carboxylic acids is 1. The zero-order valence-corrected chi connectivity index (χ0v) is 13.8. The molecular formula is C19H24N4O. The smallest absolute Gasteiger partial charge is 0.319 e. The van der Waals surface area contributed by atoms with Gasteiger partial charge in [-0.25, -0.2) is 4.79 Å². The first-order valence-corrected chi connectivity index (χ1v) is 8.45. The highest BCUT2D eigenvalue weighted by atomic mass is 16.2. The zero-order valence-electron chi connectivity index (χ0n) is 13.8. The molecule has 0 aromatic heterocycles. The van der Waals surface area contributed by atoms with Gasteiger partial charge in [-0.15, -0.1) is 0 Å². The van der Waals surface area contributed by atoms with E-state index in [1.54, 1.807) is 0 Å². The van der Waals surface area contributed by atoms with Gasteiger partial charge in [-0.3, -0.25) is 4.90 Å². The van der Waals surface area contributed by atoms with E-state index in [0.29, 0.717) is 6.54 Å². The molecule has 2 aromatic carbocycles. The minimum atomic E-state index is -0.155. The molecule has 0 radical (unpaired) electrons. The lowest BCUT2D eigenvalue weighted by Crippen LogP contribution is -2.46. The van der Waals surface area contributed by atoms with Crippen LogP contribution >= 0.6 is 0 Å². The van der Waals surface area contributed by atoms with Crippen molar-refractivity contribution in [1.82, 2.24) is 15.5 Å². The lowest BCUT2D eigenvalue weighted by Gasteiger charge is -2.27. The van der Waals surface area contributed by atoms with E-state index in [2.05, 4.69) is 33.0 Å².